The minimum absolute atomic E-state index is 0.0407. The van der Waals surface area contributed by atoms with Crippen LogP contribution < -0.4 is 16.0 Å². The number of hydrogen-bond acceptors (Lipinski definition) is 7. The summed E-state index contributed by atoms with van der Waals surface area (Å²) in [7, 11) is 0. The molecular weight excluding hydrogens is 473 g/mol. The molecule has 11 heteroatoms. The highest BCUT2D eigenvalue weighted by Gasteiger charge is 2.29. The number of aromatic amines is 1. The van der Waals surface area contributed by atoms with E-state index < -0.39 is 5.83 Å². The van der Waals surface area contributed by atoms with Crippen LogP contribution >= 0.6 is 0 Å². The highest BCUT2D eigenvalue weighted by molar-refractivity contribution is 5.79. The molecular formula is C26H33FN9O+. The predicted molar refractivity (Wildman–Crippen MR) is 138 cm³/mol. The third kappa shape index (κ3) is 7.04. The molecule has 0 aromatic carbocycles. The van der Waals surface area contributed by atoms with Crippen LogP contribution in [0.1, 0.15) is 67.2 Å². The van der Waals surface area contributed by atoms with E-state index in [9.17, 15) is 9.18 Å². The highest BCUT2D eigenvalue weighted by atomic mass is 19.1. The zero-order chi connectivity index (χ0) is 26.4. The van der Waals surface area contributed by atoms with Gasteiger partial charge >= 0.3 is 0 Å². The van der Waals surface area contributed by atoms with Gasteiger partial charge in [0.1, 0.15) is 6.20 Å². The normalized spacial score (nSPS) is 18.8. The number of halogens is 1. The molecule has 3 aromatic heterocycles. The Morgan fingerprint density at radius 2 is 2.00 bits per heavy atom. The number of anilines is 2. The molecule has 1 aliphatic rings. The van der Waals surface area contributed by atoms with E-state index in [1.165, 1.54) is 11.5 Å². The van der Waals surface area contributed by atoms with E-state index in [1.807, 2.05) is 39.0 Å². The molecule has 1 amide bonds. The summed E-state index contributed by atoms with van der Waals surface area (Å²) in [4.78, 5) is 26.5. The lowest BCUT2D eigenvalue weighted by Crippen LogP contribution is -2.71. The van der Waals surface area contributed by atoms with E-state index in [2.05, 4.69) is 30.8 Å². The lowest BCUT2D eigenvalue weighted by molar-refractivity contribution is -0.501. The van der Waals surface area contributed by atoms with E-state index >= 15 is 0 Å². The monoisotopic (exact) mass is 506 g/mol. The summed E-state index contributed by atoms with van der Waals surface area (Å²) in [5, 5.41) is 21.7. The van der Waals surface area contributed by atoms with Gasteiger partial charge in [-0.05, 0) is 64.2 Å². The van der Waals surface area contributed by atoms with Gasteiger partial charge in [0, 0.05) is 47.2 Å². The summed E-state index contributed by atoms with van der Waals surface area (Å²) in [6, 6.07) is 7.36. The van der Waals surface area contributed by atoms with Crippen molar-refractivity contribution in [3.63, 3.8) is 0 Å². The molecule has 0 bridgehead atoms. The van der Waals surface area contributed by atoms with E-state index in [0.717, 1.165) is 48.3 Å². The van der Waals surface area contributed by atoms with Gasteiger partial charge in [0.2, 0.25) is 17.7 Å². The molecule has 10 nitrogen and oxygen atoms in total. The molecule has 1 aliphatic carbocycles. The number of aryl methyl sites for hydroxylation is 2. The van der Waals surface area contributed by atoms with Gasteiger partial charge in [-0.15, -0.1) is 0 Å². The Balaban J connectivity index is 1.30. The van der Waals surface area contributed by atoms with Crippen LogP contribution in [0.2, 0.25) is 0 Å². The summed E-state index contributed by atoms with van der Waals surface area (Å²) < 4.78 is 13.1. The number of nitrogens with zero attached hydrogens (tertiary/aromatic N) is 4. The molecule has 3 heterocycles. The minimum Gasteiger partial charge on any atom is -0.349 e. The molecule has 37 heavy (non-hydrogen) atoms. The average molecular weight is 507 g/mol. The fourth-order valence-corrected chi connectivity index (χ4v) is 4.51. The second kappa shape index (κ2) is 11.8. The second-order valence-electron chi connectivity index (χ2n) is 9.48. The fourth-order valence-electron chi connectivity index (χ4n) is 4.51. The van der Waals surface area contributed by atoms with Crippen LogP contribution in [0.5, 0.6) is 0 Å². The number of rotatable bonds is 9. The number of quaternary nitrogens is 1. The van der Waals surface area contributed by atoms with Crippen molar-refractivity contribution in [2.45, 2.75) is 58.4 Å². The molecule has 194 valence electrons. The first-order valence-electron chi connectivity index (χ1n) is 12.4. The van der Waals surface area contributed by atoms with Crippen LogP contribution in [0, 0.1) is 25.2 Å². The Hall–Kier alpha value is -3.99. The smallest absolute Gasteiger partial charge is 0.228 e. The van der Waals surface area contributed by atoms with E-state index in [-0.39, 0.29) is 23.8 Å². The van der Waals surface area contributed by atoms with Crippen molar-refractivity contribution in [1.29, 1.82) is 5.41 Å². The van der Waals surface area contributed by atoms with Crippen molar-refractivity contribution >= 4 is 29.7 Å². The lowest BCUT2D eigenvalue weighted by Gasteiger charge is -2.28. The number of allylic oxidation sites excluding steroid dienone is 1. The summed E-state index contributed by atoms with van der Waals surface area (Å²) >= 11 is 0. The largest absolute Gasteiger partial charge is 0.349 e. The molecule has 3 aromatic rings. The van der Waals surface area contributed by atoms with Crippen molar-refractivity contribution in [1.82, 2.24) is 30.5 Å². The number of nitrogens with one attached hydrogen (secondary N) is 4. The van der Waals surface area contributed by atoms with Gasteiger partial charge in [-0.25, -0.2) is 15.0 Å². The second-order valence-corrected chi connectivity index (χ2v) is 9.48. The third-order valence-electron chi connectivity index (χ3n) is 6.56. The number of carbonyl (C=O) groups is 1. The predicted octanol–water partition coefficient (Wildman–Crippen LogP) is 3.76. The van der Waals surface area contributed by atoms with Crippen molar-refractivity contribution < 1.29 is 14.5 Å². The molecule has 0 saturated heterocycles. The Kier molecular flexibility index (Phi) is 8.34. The Morgan fingerprint density at radius 3 is 2.65 bits per heavy atom. The van der Waals surface area contributed by atoms with Gasteiger partial charge in [-0.2, -0.15) is 9.49 Å². The molecule has 0 radical (unpaired) electrons. The van der Waals surface area contributed by atoms with E-state index in [1.54, 1.807) is 12.3 Å². The minimum atomic E-state index is -0.641. The van der Waals surface area contributed by atoms with Crippen LogP contribution in [-0.2, 0) is 4.79 Å². The number of amides is 1. The van der Waals surface area contributed by atoms with Gasteiger partial charge in [0.15, 0.2) is 11.6 Å². The maximum Gasteiger partial charge on any atom is 0.228 e. The summed E-state index contributed by atoms with van der Waals surface area (Å²) in [6.07, 6.45) is 6.87. The maximum absolute atomic E-state index is 13.1. The molecule has 4 rings (SSSR count). The molecule has 6 N–H and O–H groups in total. The van der Waals surface area contributed by atoms with Crippen molar-refractivity contribution in [2.24, 2.45) is 5.92 Å². The zero-order valence-electron chi connectivity index (χ0n) is 21.3. The quantitative estimate of drug-likeness (QED) is 0.279. The van der Waals surface area contributed by atoms with Gasteiger partial charge in [-0.3, -0.25) is 15.2 Å². The molecule has 1 saturated carbocycles. The van der Waals surface area contributed by atoms with Gasteiger partial charge < -0.3 is 16.0 Å². The number of aromatic nitrogens is 5. The lowest BCUT2D eigenvalue weighted by atomic mass is 9.80. The summed E-state index contributed by atoms with van der Waals surface area (Å²) in [5.74, 6) is 1.44. The number of nitrogens with two attached hydrogens (primary N) is 1. The molecule has 1 fully saturated rings. The molecule has 0 aliphatic heterocycles. The zero-order valence-corrected chi connectivity index (χ0v) is 21.3. The maximum atomic E-state index is 13.1. The summed E-state index contributed by atoms with van der Waals surface area (Å²) in [5.41, 5.74) is 3.71. The van der Waals surface area contributed by atoms with E-state index in [4.69, 9.17) is 10.4 Å². The molecule has 1 atom stereocenters. The number of hydrogen-bond donors (Lipinski definition) is 5. The van der Waals surface area contributed by atoms with E-state index in [0.29, 0.717) is 23.8 Å². The molecule has 1 unspecified atom stereocenters. The summed E-state index contributed by atoms with van der Waals surface area (Å²) in [6.45, 7) is 5.82. The standard InChI is InChI=1S/C26H32FN9O/c1-15-10-22(33-26(31-15)34-24-11-16(2)35-36-24)18-4-6-19(7-5-18)25(37)32-17(3)20-8-9-23(29-13-20)30-14-21(27)12-28/h8-14,17-19,28H,4-7H2,1-3H3,(H,29,30)(H,32,37)(H2,31,33,34,35,36)/p+1. The van der Waals surface area contributed by atoms with Gasteiger partial charge in [0.05, 0.1) is 12.3 Å². The fraction of sp³-hybridized carbons (Fsp3) is 0.385. The Bertz CT molecular complexity index is 1260. The highest BCUT2D eigenvalue weighted by Crippen LogP contribution is 2.36. The van der Waals surface area contributed by atoms with Crippen molar-refractivity contribution in [2.75, 3.05) is 5.32 Å². The van der Waals surface area contributed by atoms with Crippen LogP contribution in [0.4, 0.5) is 22.0 Å². The first-order valence-corrected chi connectivity index (χ1v) is 12.4. The first kappa shape index (κ1) is 26.1. The van der Waals surface area contributed by atoms with Crippen LogP contribution in [0.25, 0.3) is 0 Å². The number of H-pyrrole nitrogens is 1. The van der Waals surface area contributed by atoms with Crippen LogP contribution in [0.15, 0.2) is 42.5 Å². The topological polar surface area (TPSA) is 149 Å². The van der Waals surface area contributed by atoms with Crippen molar-refractivity contribution in [3.8, 4) is 0 Å². The van der Waals surface area contributed by atoms with Crippen LogP contribution in [-0.4, -0.2) is 37.3 Å². The number of pyridine rings is 1. The van der Waals surface area contributed by atoms with Gasteiger partial charge in [-0.1, -0.05) is 0 Å². The van der Waals surface area contributed by atoms with Crippen LogP contribution in [0.3, 0.4) is 0 Å². The van der Waals surface area contributed by atoms with Crippen molar-refractivity contribution in [3.05, 3.63) is 65.1 Å². The van der Waals surface area contributed by atoms with Gasteiger partial charge in [0.25, 0.3) is 0 Å². The molecule has 0 spiro atoms. The average Bonchev–Trinajstić information content (AvgIpc) is 3.31. The SMILES string of the molecule is Cc1cc(C2CCC(C(=O)NC(C)c3ccc([NH2+]C=C(F)C=N)nc3)CC2)nc(Nc2cc(C)[nH]n2)n1. The third-order valence-corrected chi connectivity index (χ3v) is 6.56. The first-order chi connectivity index (χ1) is 17.8. The Labute approximate surface area is 215 Å². The Morgan fingerprint density at radius 1 is 1.22 bits per heavy atom. The number of carbonyl (C=O) groups excluding carboxylic acids is 1.